The second kappa shape index (κ2) is 10.3. The Morgan fingerprint density at radius 3 is 2.33 bits per heavy atom. The zero-order valence-corrected chi connectivity index (χ0v) is 23.5. The zero-order chi connectivity index (χ0) is 28.8. The number of nitrogens with zero attached hydrogens (tertiary/aromatic N) is 4. The number of aliphatic hydroxyl groups excluding tert-OH is 1. The first-order valence-electron chi connectivity index (χ1n) is 13.8. The maximum Gasteiger partial charge on any atom is 0.257 e. The molecule has 2 unspecified atom stereocenters. The van der Waals surface area contributed by atoms with Crippen LogP contribution in [0.3, 0.4) is 0 Å². The molecule has 11 heteroatoms. The monoisotopic (exact) mass is 550 g/mol. The van der Waals surface area contributed by atoms with Gasteiger partial charge in [0.2, 0.25) is 17.7 Å². The smallest absolute Gasteiger partial charge is 0.257 e. The van der Waals surface area contributed by atoms with E-state index >= 15 is 0 Å². The summed E-state index contributed by atoms with van der Waals surface area (Å²) < 4.78 is 1.70. The van der Waals surface area contributed by atoms with E-state index in [0.717, 1.165) is 12.0 Å². The van der Waals surface area contributed by atoms with Gasteiger partial charge in [-0.25, -0.2) is 0 Å². The molecule has 2 aliphatic heterocycles. The average molecular weight is 551 g/mol. The molecule has 1 aliphatic carbocycles. The van der Waals surface area contributed by atoms with Crippen LogP contribution in [0.15, 0.2) is 42.7 Å². The number of benzene rings is 1. The molecular formula is C29H38N6O5. The van der Waals surface area contributed by atoms with Crippen molar-refractivity contribution in [2.75, 3.05) is 33.2 Å². The second-order valence-corrected chi connectivity index (χ2v) is 12.3. The fourth-order valence-corrected chi connectivity index (χ4v) is 6.11. The summed E-state index contributed by atoms with van der Waals surface area (Å²) in [5.41, 5.74) is 0.849. The number of hydrogen-bond acceptors (Lipinski definition) is 6. The number of amides is 4. The molecule has 0 radical (unpaired) electrons. The summed E-state index contributed by atoms with van der Waals surface area (Å²) in [5.74, 6) is -1.72. The highest BCUT2D eigenvalue weighted by atomic mass is 16.3. The van der Waals surface area contributed by atoms with E-state index in [1.165, 1.54) is 20.2 Å². The van der Waals surface area contributed by atoms with E-state index in [-0.39, 0.29) is 29.7 Å². The topological polar surface area (TPSA) is 137 Å². The Kier molecular flexibility index (Phi) is 7.20. The molecular weight excluding hydrogens is 512 g/mol. The number of aromatic nitrogens is 2. The van der Waals surface area contributed by atoms with E-state index in [4.69, 9.17) is 0 Å². The molecule has 1 saturated carbocycles. The molecule has 214 valence electrons. The number of nitrogens with one attached hydrogen (secondary N) is 2. The van der Waals surface area contributed by atoms with Crippen LogP contribution >= 0.6 is 0 Å². The Morgan fingerprint density at radius 2 is 1.73 bits per heavy atom. The van der Waals surface area contributed by atoms with Crippen LogP contribution < -0.4 is 10.6 Å². The van der Waals surface area contributed by atoms with Crippen molar-refractivity contribution in [1.82, 2.24) is 30.2 Å². The number of carbonyl (C=O) groups excluding carboxylic acids is 4. The van der Waals surface area contributed by atoms with Crippen molar-refractivity contribution < 1.29 is 24.3 Å². The Labute approximate surface area is 233 Å². The molecule has 4 atom stereocenters. The lowest BCUT2D eigenvalue weighted by molar-refractivity contribution is -0.152. The third-order valence-electron chi connectivity index (χ3n) is 8.76. The SMILES string of the molecule is CNC(=O)[C@@H](NC(=O)C1CN(C(=O)c2cnn(Cc3ccccc3)c2)CC12CN(C(=O)C1CC1(C)C)C2)[C@@H](C)O. The van der Waals surface area contributed by atoms with Crippen molar-refractivity contribution in [1.29, 1.82) is 0 Å². The summed E-state index contributed by atoms with van der Waals surface area (Å²) in [6.45, 7) is 7.30. The fourth-order valence-electron chi connectivity index (χ4n) is 6.11. The highest BCUT2D eigenvalue weighted by molar-refractivity contribution is 5.95. The van der Waals surface area contributed by atoms with Crippen LogP contribution in [0.1, 0.15) is 43.1 Å². The first-order valence-corrected chi connectivity index (χ1v) is 13.8. The summed E-state index contributed by atoms with van der Waals surface area (Å²) >= 11 is 0. The normalized spacial score (nSPS) is 23.7. The molecule has 40 heavy (non-hydrogen) atoms. The van der Waals surface area contributed by atoms with Gasteiger partial charge in [0.15, 0.2) is 0 Å². The van der Waals surface area contributed by atoms with Crippen molar-refractivity contribution in [3.63, 3.8) is 0 Å². The van der Waals surface area contributed by atoms with Gasteiger partial charge in [-0.1, -0.05) is 44.2 Å². The minimum atomic E-state index is -1.12. The molecule has 1 aromatic carbocycles. The number of aliphatic hydroxyl groups is 1. The molecule has 5 rings (SSSR count). The van der Waals surface area contributed by atoms with Gasteiger partial charge in [0, 0.05) is 50.8 Å². The van der Waals surface area contributed by atoms with Gasteiger partial charge in [-0.15, -0.1) is 0 Å². The molecule has 3 aliphatic rings. The van der Waals surface area contributed by atoms with Crippen molar-refractivity contribution in [2.45, 2.75) is 45.9 Å². The van der Waals surface area contributed by atoms with Crippen LogP contribution in [0.2, 0.25) is 0 Å². The lowest BCUT2D eigenvalue weighted by Crippen LogP contribution is -2.65. The fraction of sp³-hybridized carbons (Fsp3) is 0.552. The van der Waals surface area contributed by atoms with Crippen molar-refractivity contribution >= 4 is 23.6 Å². The van der Waals surface area contributed by atoms with Crippen LogP contribution in [0.5, 0.6) is 0 Å². The molecule has 1 spiro atoms. The molecule has 1 aromatic heterocycles. The summed E-state index contributed by atoms with van der Waals surface area (Å²) in [5, 5.41) is 19.7. The van der Waals surface area contributed by atoms with Gasteiger partial charge in [-0.05, 0) is 24.3 Å². The third-order valence-corrected chi connectivity index (χ3v) is 8.76. The zero-order valence-electron chi connectivity index (χ0n) is 23.5. The van der Waals surface area contributed by atoms with Crippen LogP contribution in [0.25, 0.3) is 0 Å². The molecule has 3 N–H and O–H groups in total. The Bertz CT molecular complexity index is 1300. The summed E-state index contributed by atoms with van der Waals surface area (Å²) in [6, 6.07) is 8.69. The van der Waals surface area contributed by atoms with Crippen LogP contribution in [0, 0.1) is 22.7 Å². The largest absolute Gasteiger partial charge is 0.391 e. The molecule has 3 fully saturated rings. The van der Waals surface area contributed by atoms with Crippen molar-refractivity contribution in [3.8, 4) is 0 Å². The van der Waals surface area contributed by atoms with Gasteiger partial charge >= 0.3 is 0 Å². The maximum atomic E-state index is 13.6. The maximum absolute atomic E-state index is 13.6. The van der Waals surface area contributed by atoms with Crippen LogP contribution in [-0.2, 0) is 20.9 Å². The Balaban J connectivity index is 1.33. The van der Waals surface area contributed by atoms with Crippen LogP contribution in [0.4, 0.5) is 0 Å². The summed E-state index contributed by atoms with van der Waals surface area (Å²) in [4.78, 5) is 55.9. The quantitative estimate of drug-likeness (QED) is 0.438. The van der Waals surface area contributed by atoms with Gasteiger partial charge in [-0.2, -0.15) is 5.10 Å². The highest BCUT2D eigenvalue weighted by Gasteiger charge is 2.62. The van der Waals surface area contributed by atoms with Gasteiger partial charge in [0.25, 0.3) is 5.91 Å². The molecule has 3 heterocycles. The standard InChI is InChI=1S/C29H38N6O5/c1-18(36)23(25(38)30-4)32-24(37)22-14-33(15-29(22)16-34(17-29)27(40)21-10-28(21,2)3)26(39)20-11-31-35(13-20)12-19-8-6-5-7-9-19/h5-9,11,13,18,21-23,36H,10,12,14-17H2,1-4H3,(H,30,38)(H,32,37)/t18-,21?,22?,23+/m1/s1. The number of likely N-dealkylation sites (N-methyl/N-ethyl adjacent to an activating group) is 1. The van der Waals surface area contributed by atoms with Gasteiger partial charge in [0.05, 0.1) is 30.3 Å². The minimum Gasteiger partial charge on any atom is -0.391 e. The first-order chi connectivity index (χ1) is 18.9. The van der Waals surface area contributed by atoms with E-state index in [1.54, 1.807) is 20.7 Å². The molecule has 2 saturated heterocycles. The molecule has 2 aromatic rings. The summed E-state index contributed by atoms with van der Waals surface area (Å²) in [7, 11) is 1.44. The van der Waals surface area contributed by atoms with Gasteiger partial charge in [0.1, 0.15) is 6.04 Å². The Morgan fingerprint density at radius 1 is 1.07 bits per heavy atom. The van der Waals surface area contributed by atoms with E-state index in [2.05, 4.69) is 29.6 Å². The van der Waals surface area contributed by atoms with E-state index in [1.807, 2.05) is 30.3 Å². The third kappa shape index (κ3) is 5.22. The average Bonchev–Trinajstić information content (AvgIpc) is 3.24. The lowest BCUT2D eigenvalue weighted by Gasteiger charge is -2.50. The number of hydrogen-bond donors (Lipinski definition) is 3. The van der Waals surface area contributed by atoms with E-state index in [9.17, 15) is 24.3 Å². The molecule has 4 amide bonds. The minimum absolute atomic E-state index is 0.00774. The van der Waals surface area contributed by atoms with Gasteiger partial charge in [-0.3, -0.25) is 23.9 Å². The predicted octanol–water partition coefficient (Wildman–Crippen LogP) is 0.490. The second-order valence-electron chi connectivity index (χ2n) is 12.3. The Hall–Kier alpha value is -3.73. The van der Waals surface area contributed by atoms with Gasteiger partial charge < -0.3 is 25.5 Å². The number of likely N-dealkylation sites (tertiary alicyclic amines) is 2. The van der Waals surface area contributed by atoms with Crippen LogP contribution in [-0.4, -0.2) is 93.7 Å². The van der Waals surface area contributed by atoms with E-state index in [0.29, 0.717) is 31.7 Å². The predicted molar refractivity (Wildman–Crippen MR) is 146 cm³/mol. The molecule has 0 bridgehead atoms. The highest BCUT2D eigenvalue weighted by Crippen LogP contribution is 2.54. The lowest BCUT2D eigenvalue weighted by atomic mass is 9.70. The van der Waals surface area contributed by atoms with Crippen molar-refractivity contribution in [2.24, 2.45) is 22.7 Å². The number of carbonyl (C=O) groups is 4. The van der Waals surface area contributed by atoms with Crippen molar-refractivity contribution in [3.05, 3.63) is 53.9 Å². The number of rotatable bonds is 8. The first kappa shape index (κ1) is 27.8. The molecule has 11 nitrogen and oxygen atoms in total. The van der Waals surface area contributed by atoms with E-state index < -0.39 is 35.3 Å². The summed E-state index contributed by atoms with van der Waals surface area (Å²) in [6.07, 6.45) is 2.98.